The molecule has 0 aromatic carbocycles. The molecule has 2 aromatic heterocycles. The van der Waals surface area contributed by atoms with Gasteiger partial charge in [0.05, 0.1) is 18.1 Å². The van der Waals surface area contributed by atoms with E-state index >= 15 is 0 Å². The van der Waals surface area contributed by atoms with Crippen molar-refractivity contribution in [2.24, 2.45) is 0 Å². The lowest BCUT2D eigenvalue weighted by molar-refractivity contribution is -0.139. The number of nitrogens with one attached hydrogen (secondary N) is 2. The fourth-order valence-corrected chi connectivity index (χ4v) is 2.26. The molecule has 2 atom stereocenters. The first-order valence-electron chi connectivity index (χ1n) is 5.66. The first-order valence-corrected chi connectivity index (χ1v) is 5.66. The number of carbonyl (C=O) groups is 1. The summed E-state index contributed by atoms with van der Waals surface area (Å²) in [5, 5.41) is 12.3. The number of aliphatic carboxylic acids is 1. The van der Waals surface area contributed by atoms with Crippen molar-refractivity contribution in [3.63, 3.8) is 0 Å². The van der Waals surface area contributed by atoms with E-state index in [4.69, 9.17) is 5.11 Å². The summed E-state index contributed by atoms with van der Waals surface area (Å²) < 4.78 is 0. The fourth-order valence-electron chi connectivity index (χ4n) is 2.26. The van der Waals surface area contributed by atoms with Gasteiger partial charge < -0.3 is 10.1 Å². The molecule has 0 bridgehead atoms. The minimum absolute atomic E-state index is 0.205. The van der Waals surface area contributed by atoms with Crippen molar-refractivity contribution >= 4 is 5.97 Å². The van der Waals surface area contributed by atoms with Crippen LogP contribution in [0.3, 0.4) is 0 Å². The van der Waals surface area contributed by atoms with Crippen LogP contribution in [0.25, 0.3) is 0 Å². The number of carboxylic acids is 1. The molecule has 0 saturated heterocycles. The smallest absolute Gasteiger partial charge is 0.321 e. The summed E-state index contributed by atoms with van der Waals surface area (Å²) in [6.07, 6.45) is 5.40. The zero-order chi connectivity index (χ0) is 12.5. The molecule has 0 unspecified atom stereocenters. The molecule has 0 radical (unpaired) electrons. The van der Waals surface area contributed by atoms with E-state index in [2.05, 4.69) is 20.3 Å². The van der Waals surface area contributed by atoms with Crippen molar-refractivity contribution in [2.75, 3.05) is 0 Å². The lowest BCUT2D eigenvalue weighted by Gasteiger charge is -2.28. The third-order valence-corrected chi connectivity index (χ3v) is 3.14. The lowest BCUT2D eigenvalue weighted by atomic mass is 9.94. The Bertz CT molecular complexity index is 566. The van der Waals surface area contributed by atoms with Gasteiger partial charge in [-0.1, -0.05) is 0 Å². The van der Waals surface area contributed by atoms with E-state index in [0.29, 0.717) is 6.42 Å². The highest BCUT2D eigenvalue weighted by Gasteiger charge is 2.32. The zero-order valence-corrected chi connectivity index (χ0v) is 9.50. The van der Waals surface area contributed by atoms with E-state index in [-0.39, 0.29) is 6.04 Å². The molecule has 2 aromatic rings. The number of pyridine rings is 1. The molecule has 0 aliphatic carbocycles. The van der Waals surface area contributed by atoms with Crippen LogP contribution in [0.1, 0.15) is 23.0 Å². The molecule has 6 nitrogen and oxygen atoms in total. The first kappa shape index (κ1) is 10.9. The SMILES string of the molecule is O=C(O)[C@@H]1Cc2[nH]cnc2[C@@H](c2ccncc2)N1. The van der Waals surface area contributed by atoms with Crippen LogP contribution < -0.4 is 5.32 Å². The second kappa shape index (κ2) is 4.23. The molecule has 0 spiro atoms. The second-order valence-corrected chi connectivity index (χ2v) is 4.24. The predicted octanol–water partition coefficient (Wildman–Crippen LogP) is 0.493. The molecule has 0 amide bonds. The van der Waals surface area contributed by atoms with Crippen molar-refractivity contribution < 1.29 is 9.90 Å². The number of rotatable bonds is 2. The molecule has 0 saturated carbocycles. The number of imidazole rings is 1. The Kier molecular flexibility index (Phi) is 2.56. The average Bonchev–Trinajstić information content (AvgIpc) is 2.86. The Morgan fingerprint density at radius 2 is 2.17 bits per heavy atom. The van der Waals surface area contributed by atoms with Crippen LogP contribution in [0.15, 0.2) is 30.9 Å². The molecule has 18 heavy (non-hydrogen) atoms. The zero-order valence-electron chi connectivity index (χ0n) is 9.50. The Morgan fingerprint density at radius 1 is 1.39 bits per heavy atom. The van der Waals surface area contributed by atoms with Crippen molar-refractivity contribution in [2.45, 2.75) is 18.5 Å². The summed E-state index contributed by atoms with van der Waals surface area (Å²) in [7, 11) is 0. The maximum Gasteiger partial charge on any atom is 0.321 e. The molecule has 0 fully saturated rings. The Balaban J connectivity index is 2.02. The first-order chi connectivity index (χ1) is 8.75. The molecule has 92 valence electrons. The molecular formula is C12H12N4O2. The van der Waals surface area contributed by atoms with Gasteiger partial charge in [0.1, 0.15) is 6.04 Å². The van der Waals surface area contributed by atoms with E-state index in [0.717, 1.165) is 17.0 Å². The summed E-state index contributed by atoms with van der Waals surface area (Å²) in [6, 6.07) is 2.92. The van der Waals surface area contributed by atoms with Crippen LogP contribution in [-0.4, -0.2) is 32.1 Å². The van der Waals surface area contributed by atoms with E-state index in [9.17, 15) is 4.79 Å². The largest absolute Gasteiger partial charge is 0.480 e. The molecule has 3 heterocycles. The number of carboxylic acid groups (broad SMARTS) is 1. The van der Waals surface area contributed by atoms with Gasteiger partial charge in [-0.05, 0) is 17.7 Å². The number of hydrogen-bond acceptors (Lipinski definition) is 4. The molecule has 6 heteroatoms. The highest BCUT2D eigenvalue weighted by molar-refractivity contribution is 5.74. The summed E-state index contributed by atoms with van der Waals surface area (Å²) in [5.41, 5.74) is 2.70. The van der Waals surface area contributed by atoms with Gasteiger partial charge in [-0.3, -0.25) is 15.1 Å². The summed E-state index contributed by atoms with van der Waals surface area (Å²) >= 11 is 0. The summed E-state index contributed by atoms with van der Waals surface area (Å²) in [5.74, 6) is -0.852. The van der Waals surface area contributed by atoms with Crippen LogP contribution >= 0.6 is 0 Å². The van der Waals surface area contributed by atoms with Gasteiger partial charge in [-0.25, -0.2) is 4.98 Å². The van der Waals surface area contributed by atoms with Crippen molar-refractivity contribution in [3.8, 4) is 0 Å². The molecular weight excluding hydrogens is 232 g/mol. The topological polar surface area (TPSA) is 90.9 Å². The van der Waals surface area contributed by atoms with E-state index in [1.54, 1.807) is 18.7 Å². The second-order valence-electron chi connectivity index (χ2n) is 4.24. The number of hydrogen-bond donors (Lipinski definition) is 3. The Hall–Kier alpha value is -2.21. The van der Waals surface area contributed by atoms with Crippen molar-refractivity contribution in [1.29, 1.82) is 0 Å². The Morgan fingerprint density at radius 3 is 2.89 bits per heavy atom. The van der Waals surface area contributed by atoms with E-state index < -0.39 is 12.0 Å². The van der Waals surface area contributed by atoms with Crippen molar-refractivity contribution in [1.82, 2.24) is 20.3 Å². The van der Waals surface area contributed by atoms with Crippen molar-refractivity contribution in [3.05, 3.63) is 47.8 Å². The standard InChI is InChI=1S/C12H12N4O2/c17-12(18)9-5-8-11(15-6-14-8)10(16-9)7-1-3-13-4-2-7/h1-4,6,9-10,16H,5H2,(H,14,15)(H,17,18)/t9-,10+/m0/s1. The normalized spacial score (nSPS) is 22.4. The highest BCUT2D eigenvalue weighted by Crippen LogP contribution is 2.27. The maximum absolute atomic E-state index is 11.2. The molecule has 3 rings (SSSR count). The maximum atomic E-state index is 11.2. The Labute approximate surface area is 103 Å². The van der Waals surface area contributed by atoms with Crippen LogP contribution in [0.5, 0.6) is 0 Å². The van der Waals surface area contributed by atoms with E-state index in [1.165, 1.54) is 0 Å². The summed E-state index contributed by atoms with van der Waals surface area (Å²) in [6.45, 7) is 0. The molecule has 3 N–H and O–H groups in total. The van der Waals surface area contributed by atoms with Gasteiger partial charge in [0.2, 0.25) is 0 Å². The minimum Gasteiger partial charge on any atom is -0.480 e. The fraction of sp³-hybridized carbons (Fsp3) is 0.250. The highest BCUT2D eigenvalue weighted by atomic mass is 16.4. The van der Waals surface area contributed by atoms with Gasteiger partial charge in [0.25, 0.3) is 0 Å². The number of H-pyrrole nitrogens is 1. The van der Waals surface area contributed by atoms with E-state index in [1.807, 2.05) is 12.1 Å². The number of nitrogens with zero attached hydrogens (tertiary/aromatic N) is 2. The van der Waals surface area contributed by atoms with Gasteiger partial charge in [0, 0.05) is 24.5 Å². The van der Waals surface area contributed by atoms with Crippen LogP contribution in [0.2, 0.25) is 0 Å². The van der Waals surface area contributed by atoms with Gasteiger partial charge in [-0.2, -0.15) is 0 Å². The quantitative estimate of drug-likeness (QED) is 0.715. The molecule has 1 aliphatic rings. The average molecular weight is 244 g/mol. The third-order valence-electron chi connectivity index (χ3n) is 3.14. The number of fused-ring (bicyclic) bond motifs is 1. The molecule has 1 aliphatic heterocycles. The predicted molar refractivity (Wildman–Crippen MR) is 62.9 cm³/mol. The number of aromatic nitrogens is 3. The van der Waals surface area contributed by atoms with Gasteiger partial charge in [0.15, 0.2) is 0 Å². The van der Waals surface area contributed by atoms with Crippen LogP contribution in [0, 0.1) is 0 Å². The van der Waals surface area contributed by atoms with Gasteiger partial charge >= 0.3 is 5.97 Å². The summed E-state index contributed by atoms with van der Waals surface area (Å²) in [4.78, 5) is 22.4. The number of aromatic amines is 1. The van der Waals surface area contributed by atoms with Gasteiger partial charge in [-0.15, -0.1) is 0 Å². The van der Waals surface area contributed by atoms with Crippen LogP contribution in [0.4, 0.5) is 0 Å². The lowest BCUT2D eigenvalue weighted by Crippen LogP contribution is -2.45. The third kappa shape index (κ3) is 1.76. The van der Waals surface area contributed by atoms with Crippen LogP contribution in [-0.2, 0) is 11.2 Å². The monoisotopic (exact) mass is 244 g/mol. The minimum atomic E-state index is -0.852.